The Morgan fingerprint density at radius 2 is 2.47 bits per heavy atom. The lowest BCUT2D eigenvalue weighted by Gasteiger charge is -2.34. The van der Waals surface area contributed by atoms with E-state index in [9.17, 15) is 4.79 Å². The van der Waals surface area contributed by atoms with Gasteiger partial charge in [-0.15, -0.1) is 0 Å². The second-order valence-corrected chi connectivity index (χ2v) is 5.15. The summed E-state index contributed by atoms with van der Waals surface area (Å²) in [6, 6.07) is 0. The molecule has 0 amide bonds. The van der Waals surface area contributed by atoms with E-state index in [0.29, 0.717) is 0 Å². The topological polar surface area (TPSA) is 66.0 Å². The van der Waals surface area contributed by atoms with Gasteiger partial charge in [-0.25, -0.2) is 0 Å². The third-order valence-corrected chi connectivity index (χ3v) is 3.05. The molecule has 0 radical (unpaired) electrons. The van der Waals surface area contributed by atoms with Gasteiger partial charge in [0.1, 0.15) is 0 Å². The van der Waals surface area contributed by atoms with Crippen LogP contribution in [0.5, 0.6) is 0 Å². The highest BCUT2D eigenvalue weighted by molar-refractivity contribution is 5.68. The second kappa shape index (κ2) is 3.36. The number of carboxylic acids is 1. The van der Waals surface area contributed by atoms with Crippen LogP contribution in [0.3, 0.4) is 0 Å². The molecule has 4 heteroatoms. The molecule has 1 unspecified atom stereocenters. The molecular formula is C11H16N2O2. The first-order valence-corrected chi connectivity index (χ1v) is 5.22. The summed E-state index contributed by atoms with van der Waals surface area (Å²) in [5.41, 5.74) is 2.38. The fourth-order valence-corrected chi connectivity index (χ4v) is 2.56. The molecule has 15 heavy (non-hydrogen) atoms. The highest BCUT2D eigenvalue weighted by Gasteiger charge is 2.34. The van der Waals surface area contributed by atoms with Gasteiger partial charge in [0.05, 0.1) is 12.6 Å². The van der Waals surface area contributed by atoms with Gasteiger partial charge < -0.3 is 5.11 Å². The van der Waals surface area contributed by atoms with Crippen LogP contribution in [0.1, 0.15) is 43.9 Å². The van der Waals surface area contributed by atoms with Crippen LogP contribution < -0.4 is 0 Å². The van der Waals surface area contributed by atoms with Crippen LogP contribution in [0.15, 0.2) is 6.20 Å². The van der Waals surface area contributed by atoms with Crippen LogP contribution in [0, 0.1) is 5.41 Å². The van der Waals surface area contributed by atoms with Crippen molar-refractivity contribution in [1.29, 1.82) is 0 Å². The standard InChI is InChI=1S/C11H16N2O2/c1-11(2)4-7(3-9(14)15)10-8(5-11)6-12-13-10/h6-7H,3-5H2,1-2H3,(H,12,13)(H,14,15). The van der Waals surface area contributed by atoms with Crippen molar-refractivity contribution in [3.05, 3.63) is 17.5 Å². The third kappa shape index (κ3) is 2.03. The van der Waals surface area contributed by atoms with E-state index in [4.69, 9.17) is 5.11 Å². The van der Waals surface area contributed by atoms with E-state index in [1.807, 2.05) is 6.20 Å². The first-order chi connectivity index (χ1) is 6.98. The zero-order valence-corrected chi connectivity index (χ0v) is 9.08. The summed E-state index contributed by atoms with van der Waals surface area (Å²) in [5.74, 6) is -0.651. The van der Waals surface area contributed by atoms with E-state index in [0.717, 1.165) is 18.5 Å². The molecule has 82 valence electrons. The number of fused-ring (bicyclic) bond motifs is 1. The quantitative estimate of drug-likeness (QED) is 0.780. The largest absolute Gasteiger partial charge is 0.481 e. The maximum absolute atomic E-state index is 10.8. The second-order valence-electron chi connectivity index (χ2n) is 5.15. The minimum atomic E-state index is -0.738. The maximum atomic E-state index is 10.8. The number of nitrogens with zero attached hydrogens (tertiary/aromatic N) is 1. The Morgan fingerprint density at radius 1 is 1.73 bits per heavy atom. The van der Waals surface area contributed by atoms with Crippen molar-refractivity contribution < 1.29 is 9.90 Å². The van der Waals surface area contributed by atoms with Crippen molar-refractivity contribution in [3.8, 4) is 0 Å². The van der Waals surface area contributed by atoms with E-state index in [-0.39, 0.29) is 17.8 Å². The highest BCUT2D eigenvalue weighted by atomic mass is 16.4. The van der Waals surface area contributed by atoms with Crippen molar-refractivity contribution in [2.45, 2.75) is 39.0 Å². The number of carboxylic acid groups (broad SMARTS) is 1. The summed E-state index contributed by atoms with van der Waals surface area (Å²) >= 11 is 0. The molecule has 1 atom stereocenters. The molecule has 1 aliphatic carbocycles. The molecule has 2 N–H and O–H groups in total. The minimum Gasteiger partial charge on any atom is -0.481 e. The highest BCUT2D eigenvalue weighted by Crippen LogP contribution is 2.42. The van der Waals surface area contributed by atoms with Crippen molar-refractivity contribution in [1.82, 2.24) is 10.2 Å². The van der Waals surface area contributed by atoms with Crippen LogP contribution >= 0.6 is 0 Å². The molecule has 0 bridgehead atoms. The van der Waals surface area contributed by atoms with Gasteiger partial charge in [0, 0.05) is 11.6 Å². The monoisotopic (exact) mass is 208 g/mol. The molecule has 0 aliphatic heterocycles. The van der Waals surface area contributed by atoms with Crippen LogP contribution in [0.25, 0.3) is 0 Å². The lowest BCUT2D eigenvalue weighted by molar-refractivity contribution is -0.137. The first-order valence-electron chi connectivity index (χ1n) is 5.22. The van der Waals surface area contributed by atoms with E-state index in [1.54, 1.807) is 0 Å². The molecular weight excluding hydrogens is 192 g/mol. The number of hydrogen-bond donors (Lipinski definition) is 2. The molecule has 0 saturated carbocycles. The third-order valence-electron chi connectivity index (χ3n) is 3.05. The van der Waals surface area contributed by atoms with Gasteiger partial charge in [-0.1, -0.05) is 13.8 Å². The summed E-state index contributed by atoms with van der Waals surface area (Å²) < 4.78 is 0. The van der Waals surface area contributed by atoms with Gasteiger partial charge in [-0.3, -0.25) is 9.89 Å². The van der Waals surface area contributed by atoms with E-state index < -0.39 is 5.97 Å². The smallest absolute Gasteiger partial charge is 0.304 e. The zero-order chi connectivity index (χ0) is 11.1. The molecule has 1 heterocycles. The van der Waals surface area contributed by atoms with Crippen molar-refractivity contribution >= 4 is 5.97 Å². The summed E-state index contributed by atoms with van der Waals surface area (Å²) in [6.07, 6.45) is 3.91. The van der Waals surface area contributed by atoms with E-state index in [1.165, 1.54) is 5.56 Å². The lowest BCUT2D eigenvalue weighted by atomic mass is 9.71. The Balaban J connectivity index is 2.29. The average Bonchev–Trinajstić information content (AvgIpc) is 2.48. The average molecular weight is 208 g/mol. The molecule has 0 aromatic carbocycles. The summed E-state index contributed by atoms with van der Waals surface area (Å²) in [4.78, 5) is 10.8. The molecule has 1 aromatic heterocycles. The molecule has 2 rings (SSSR count). The summed E-state index contributed by atoms with van der Waals surface area (Å²) in [5, 5.41) is 15.8. The number of aromatic amines is 1. The normalized spacial score (nSPS) is 23.5. The van der Waals surface area contributed by atoms with Gasteiger partial charge in [-0.2, -0.15) is 5.10 Å². The number of rotatable bonds is 2. The Hall–Kier alpha value is -1.32. The van der Waals surface area contributed by atoms with E-state index >= 15 is 0 Å². The maximum Gasteiger partial charge on any atom is 0.304 e. The molecule has 4 nitrogen and oxygen atoms in total. The lowest BCUT2D eigenvalue weighted by Crippen LogP contribution is -2.26. The fraction of sp³-hybridized carbons (Fsp3) is 0.636. The van der Waals surface area contributed by atoms with Crippen LogP contribution in [0.4, 0.5) is 0 Å². The Morgan fingerprint density at radius 3 is 3.13 bits per heavy atom. The fourth-order valence-electron chi connectivity index (χ4n) is 2.56. The summed E-state index contributed by atoms with van der Waals surface area (Å²) in [7, 11) is 0. The molecule has 0 saturated heterocycles. The molecule has 0 spiro atoms. The number of aromatic nitrogens is 2. The van der Waals surface area contributed by atoms with E-state index in [2.05, 4.69) is 24.0 Å². The van der Waals surface area contributed by atoms with Gasteiger partial charge in [0.15, 0.2) is 0 Å². The van der Waals surface area contributed by atoms with Crippen molar-refractivity contribution in [3.63, 3.8) is 0 Å². The number of carbonyl (C=O) groups is 1. The Labute approximate surface area is 88.7 Å². The predicted molar refractivity (Wildman–Crippen MR) is 55.7 cm³/mol. The molecule has 1 aromatic rings. The predicted octanol–water partition coefficient (Wildman–Crippen LogP) is 1.94. The van der Waals surface area contributed by atoms with Crippen LogP contribution in [0.2, 0.25) is 0 Å². The Bertz CT molecular complexity index is 382. The Kier molecular flexibility index (Phi) is 2.29. The van der Waals surface area contributed by atoms with Gasteiger partial charge >= 0.3 is 5.97 Å². The molecule has 0 fully saturated rings. The van der Waals surface area contributed by atoms with Gasteiger partial charge in [-0.05, 0) is 23.8 Å². The number of H-pyrrole nitrogens is 1. The van der Waals surface area contributed by atoms with Gasteiger partial charge in [0.25, 0.3) is 0 Å². The van der Waals surface area contributed by atoms with Crippen LogP contribution in [-0.4, -0.2) is 21.3 Å². The zero-order valence-electron chi connectivity index (χ0n) is 9.08. The number of aliphatic carboxylic acids is 1. The molecule has 1 aliphatic rings. The minimum absolute atomic E-state index is 0.0868. The van der Waals surface area contributed by atoms with Gasteiger partial charge in [0.2, 0.25) is 0 Å². The first kappa shape index (κ1) is 10.2. The SMILES string of the molecule is CC1(C)Cc2cn[nH]c2C(CC(=O)O)C1. The number of nitrogens with one attached hydrogen (secondary N) is 1. The number of hydrogen-bond acceptors (Lipinski definition) is 2. The van der Waals surface area contributed by atoms with Crippen molar-refractivity contribution in [2.75, 3.05) is 0 Å². The summed E-state index contributed by atoms with van der Waals surface area (Å²) in [6.45, 7) is 4.36. The van der Waals surface area contributed by atoms with Crippen LogP contribution in [-0.2, 0) is 11.2 Å². The van der Waals surface area contributed by atoms with Crippen molar-refractivity contribution in [2.24, 2.45) is 5.41 Å².